The fraction of sp³-hybridized carbons (Fsp3) is 0.0566. The van der Waals surface area contributed by atoms with Crippen LogP contribution in [-0.4, -0.2) is 9.97 Å². The van der Waals surface area contributed by atoms with Crippen LogP contribution in [0.3, 0.4) is 0 Å². The molecule has 0 saturated carbocycles. The minimum Gasteiger partial charge on any atom is -0.228 e. The summed E-state index contributed by atoms with van der Waals surface area (Å²) in [6.45, 7) is 4.67. The monoisotopic (exact) mass is 702 g/mol. The lowest BCUT2D eigenvalue weighted by Gasteiger charge is -2.25. The lowest BCUT2D eigenvalue weighted by Crippen LogP contribution is -2.18. The normalized spacial score (nSPS) is 12.7. The number of nitrogens with zero attached hydrogens (tertiary/aromatic N) is 2. The Hall–Kier alpha value is -6.90. The van der Waals surface area contributed by atoms with E-state index in [1.807, 2.05) is 0 Å². The van der Waals surface area contributed by atoms with Crippen LogP contribution >= 0.6 is 0 Å². The van der Waals surface area contributed by atoms with Crippen LogP contribution in [0, 0.1) is 0 Å². The highest BCUT2D eigenvalue weighted by atomic mass is 14.9. The van der Waals surface area contributed by atoms with E-state index in [0.717, 1.165) is 45.0 Å². The Labute approximate surface area is 322 Å². The van der Waals surface area contributed by atoms with Crippen molar-refractivity contribution in [3.05, 3.63) is 205 Å². The lowest BCUT2D eigenvalue weighted by atomic mass is 9.78. The Bertz CT molecular complexity index is 2890. The molecule has 2 nitrogen and oxygen atoms in total. The summed E-state index contributed by atoms with van der Waals surface area (Å²) in [5.74, 6) is 0.725. The first-order valence-corrected chi connectivity index (χ1v) is 19.0. The quantitative estimate of drug-likeness (QED) is 0.172. The first kappa shape index (κ1) is 32.7. The first-order valence-electron chi connectivity index (χ1n) is 19.0. The average Bonchev–Trinajstić information content (AvgIpc) is 3.50. The SMILES string of the molecule is CC1(C)c2c(-c3cccc(-c4cccc(-c5ccccc5)c4)c3)nc(-c3cccc(-c4cccc(-c5ccccc5)c4)c3)nc2-c2ccc3ccccc3c21. The van der Waals surface area contributed by atoms with E-state index in [2.05, 4.69) is 208 Å². The highest BCUT2D eigenvalue weighted by molar-refractivity contribution is 5.98. The minimum absolute atomic E-state index is 0.331. The molecule has 10 rings (SSSR count). The molecule has 0 saturated heterocycles. The molecule has 1 aromatic heterocycles. The summed E-state index contributed by atoms with van der Waals surface area (Å²) in [7, 11) is 0. The van der Waals surface area contributed by atoms with Crippen LogP contribution in [-0.2, 0) is 5.41 Å². The molecule has 8 aromatic carbocycles. The molecule has 0 fully saturated rings. The number of benzene rings is 8. The largest absolute Gasteiger partial charge is 0.228 e. The van der Waals surface area contributed by atoms with Gasteiger partial charge in [-0.3, -0.25) is 0 Å². The molecule has 0 bridgehead atoms. The van der Waals surface area contributed by atoms with Gasteiger partial charge in [0.05, 0.1) is 11.4 Å². The van der Waals surface area contributed by atoms with Crippen molar-refractivity contribution in [3.8, 4) is 78.4 Å². The van der Waals surface area contributed by atoms with Crippen LogP contribution in [0.2, 0.25) is 0 Å². The Kier molecular flexibility index (Phi) is 7.85. The number of rotatable bonds is 6. The van der Waals surface area contributed by atoms with Gasteiger partial charge < -0.3 is 0 Å². The van der Waals surface area contributed by atoms with Crippen molar-refractivity contribution in [2.45, 2.75) is 19.3 Å². The maximum atomic E-state index is 5.53. The molecule has 0 N–H and O–H groups in total. The molecular weight excluding hydrogens is 665 g/mol. The first-order chi connectivity index (χ1) is 27.0. The molecule has 1 aliphatic rings. The third kappa shape index (κ3) is 5.75. The molecule has 1 aliphatic carbocycles. The van der Waals surface area contributed by atoms with Crippen LogP contribution < -0.4 is 0 Å². The van der Waals surface area contributed by atoms with Crippen molar-refractivity contribution < 1.29 is 0 Å². The van der Waals surface area contributed by atoms with Crippen LogP contribution in [0.25, 0.3) is 89.2 Å². The van der Waals surface area contributed by atoms with Crippen LogP contribution in [0.1, 0.15) is 25.0 Å². The van der Waals surface area contributed by atoms with Crippen molar-refractivity contribution in [1.82, 2.24) is 9.97 Å². The zero-order chi connectivity index (χ0) is 36.9. The zero-order valence-electron chi connectivity index (χ0n) is 30.9. The van der Waals surface area contributed by atoms with Gasteiger partial charge in [0.1, 0.15) is 0 Å². The third-order valence-corrected chi connectivity index (χ3v) is 11.2. The highest BCUT2D eigenvalue weighted by Crippen LogP contribution is 2.54. The van der Waals surface area contributed by atoms with Gasteiger partial charge in [-0.05, 0) is 85.1 Å². The predicted octanol–water partition coefficient (Wildman–Crippen LogP) is 13.9. The molecule has 1 heterocycles. The van der Waals surface area contributed by atoms with Crippen molar-refractivity contribution in [2.24, 2.45) is 0 Å². The summed E-state index contributed by atoms with van der Waals surface area (Å²) in [6, 6.07) is 69.5. The van der Waals surface area contributed by atoms with E-state index in [1.54, 1.807) is 0 Å². The Morgan fingerprint density at radius 3 is 1.33 bits per heavy atom. The maximum absolute atomic E-state index is 5.53. The molecule has 2 heteroatoms. The van der Waals surface area contributed by atoms with Gasteiger partial charge in [0, 0.05) is 27.7 Å². The number of aromatic nitrogens is 2. The lowest BCUT2D eigenvalue weighted by molar-refractivity contribution is 0.663. The van der Waals surface area contributed by atoms with Crippen molar-refractivity contribution in [2.75, 3.05) is 0 Å². The van der Waals surface area contributed by atoms with Gasteiger partial charge >= 0.3 is 0 Å². The van der Waals surface area contributed by atoms with E-state index in [0.29, 0.717) is 0 Å². The number of fused-ring (bicyclic) bond motifs is 5. The highest BCUT2D eigenvalue weighted by Gasteiger charge is 2.41. The van der Waals surface area contributed by atoms with Crippen molar-refractivity contribution >= 4 is 10.8 Å². The van der Waals surface area contributed by atoms with Gasteiger partial charge in [-0.2, -0.15) is 0 Å². The number of hydrogen-bond donors (Lipinski definition) is 0. The van der Waals surface area contributed by atoms with Crippen LogP contribution in [0.4, 0.5) is 0 Å². The summed E-state index contributed by atoms with van der Waals surface area (Å²) >= 11 is 0. The second-order valence-electron chi connectivity index (χ2n) is 15.0. The Morgan fingerprint density at radius 1 is 0.327 bits per heavy atom. The third-order valence-electron chi connectivity index (χ3n) is 11.2. The zero-order valence-corrected chi connectivity index (χ0v) is 30.9. The molecule has 0 aliphatic heterocycles. The fourth-order valence-electron chi connectivity index (χ4n) is 8.55. The van der Waals surface area contributed by atoms with Gasteiger partial charge in [0.25, 0.3) is 0 Å². The van der Waals surface area contributed by atoms with E-state index in [9.17, 15) is 0 Å². The van der Waals surface area contributed by atoms with Gasteiger partial charge in [-0.15, -0.1) is 0 Å². The summed E-state index contributed by atoms with van der Waals surface area (Å²) in [4.78, 5) is 11.0. The van der Waals surface area contributed by atoms with Gasteiger partial charge in [-0.25, -0.2) is 9.97 Å². The second kappa shape index (κ2) is 13.2. The standard InChI is InChI=1S/C53H38N2/c1-53(2)48-46-28-10-9-19-37(46)29-30-47(48)51-49(53)50(44-26-13-24-42(33-44)40-22-11-20-38(31-40)35-15-5-3-6-16-35)54-52(55-51)45-27-14-25-43(34-45)41-23-12-21-39(32-41)36-17-7-4-8-18-36/h3-34H,1-2H3. The van der Waals surface area contributed by atoms with Gasteiger partial charge in [0.15, 0.2) is 5.82 Å². The average molecular weight is 703 g/mol. The maximum Gasteiger partial charge on any atom is 0.160 e. The second-order valence-corrected chi connectivity index (χ2v) is 15.0. The fourth-order valence-corrected chi connectivity index (χ4v) is 8.55. The molecule has 0 spiro atoms. The molecule has 0 unspecified atom stereocenters. The van der Waals surface area contributed by atoms with Gasteiger partial charge in [0.2, 0.25) is 0 Å². The van der Waals surface area contributed by atoms with Crippen molar-refractivity contribution in [3.63, 3.8) is 0 Å². The molecule has 0 amide bonds. The Morgan fingerprint density at radius 2 is 0.745 bits per heavy atom. The summed E-state index contributed by atoms with van der Waals surface area (Å²) in [5, 5.41) is 2.50. The number of hydrogen-bond acceptors (Lipinski definition) is 2. The molecule has 9 aromatic rings. The molecule has 260 valence electrons. The van der Waals surface area contributed by atoms with Crippen LogP contribution in [0.5, 0.6) is 0 Å². The summed E-state index contributed by atoms with van der Waals surface area (Å²) in [5.41, 5.74) is 16.8. The van der Waals surface area contributed by atoms with Crippen molar-refractivity contribution in [1.29, 1.82) is 0 Å². The van der Waals surface area contributed by atoms with E-state index in [-0.39, 0.29) is 5.41 Å². The minimum atomic E-state index is -0.331. The van der Waals surface area contributed by atoms with E-state index in [4.69, 9.17) is 9.97 Å². The molecular formula is C53H38N2. The molecule has 0 atom stereocenters. The van der Waals surface area contributed by atoms with E-state index < -0.39 is 0 Å². The summed E-state index contributed by atoms with van der Waals surface area (Å²) < 4.78 is 0. The molecule has 55 heavy (non-hydrogen) atoms. The van der Waals surface area contributed by atoms with E-state index >= 15 is 0 Å². The Balaban J connectivity index is 1.15. The van der Waals surface area contributed by atoms with E-state index in [1.165, 1.54) is 55.3 Å². The smallest absolute Gasteiger partial charge is 0.160 e. The summed E-state index contributed by atoms with van der Waals surface area (Å²) in [6.07, 6.45) is 0. The van der Waals surface area contributed by atoms with Crippen LogP contribution in [0.15, 0.2) is 194 Å². The predicted molar refractivity (Wildman–Crippen MR) is 230 cm³/mol. The van der Waals surface area contributed by atoms with Gasteiger partial charge in [-0.1, -0.05) is 184 Å². The molecule has 0 radical (unpaired) electrons. The topological polar surface area (TPSA) is 25.8 Å².